The first-order valence-electron chi connectivity index (χ1n) is 7.13. The minimum atomic E-state index is 0.266. The minimum absolute atomic E-state index is 0.266. The van der Waals surface area contributed by atoms with Crippen molar-refractivity contribution in [2.24, 2.45) is 5.92 Å². The van der Waals surface area contributed by atoms with Crippen LogP contribution in [0.25, 0.3) is 0 Å². The topological polar surface area (TPSA) is 34.1 Å². The van der Waals surface area contributed by atoms with E-state index in [9.17, 15) is 0 Å². The van der Waals surface area contributed by atoms with E-state index in [1.165, 1.54) is 11.1 Å². The summed E-state index contributed by atoms with van der Waals surface area (Å²) in [6.45, 7) is 5.17. The molecule has 3 nitrogen and oxygen atoms in total. The van der Waals surface area contributed by atoms with Crippen molar-refractivity contribution < 1.29 is 4.74 Å². The average Bonchev–Trinajstić information content (AvgIpc) is 2.51. The van der Waals surface area contributed by atoms with Crippen LogP contribution in [-0.2, 0) is 0 Å². The van der Waals surface area contributed by atoms with Crippen LogP contribution >= 0.6 is 0 Å². The van der Waals surface area contributed by atoms with E-state index in [4.69, 9.17) is 4.74 Å². The number of benzene rings is 1. The molecule has 2 heterocycles. The van der Waals surface area contributed by atoms with E-state index in [0.29, 0.717) is 12.0 Å². The maximum absolute atomic E-state index is 5.80. The molecule has 1 aliphatic rings. The van der Waals surface area contributed by atoms with Gasteiger partial charge in [-0.1, -0.05) is 31.2 Å². The lowest BCUT2D eigenvalue weighted by atomic mass is 9.91. The lowest BCUT2D eigenvalue weighted by molar-refractivity contribution is 0.182. The number of hydrogen-bond donors (Lipinski definition) is 1. The zero-order chi connectivity index (χ0) is 13.9. The molecule has 1 N–H and O–H groups in total. The van der Waals surface area contributed by atoms with Crippen LogP contribution in [0.2, 0.25) is 0 Å². The maximum atomic E-state index is 5.80. The monoisotopic (exact) mass is 268 g/mol. The first kappa shape index (κ1) is 13.1. The second kappa shape index (κ2) is 5.63. The summed E-state index contributed by atoms with van der Waals surface area (Å²) >= 11 is 0. The average molecular weight is 268 g/mol. The third kappa shape index (κ3) is 2.54. The number of nitrogens with one attached hydrogen (secondary N) is 1. The molecule has 3 atom stereocenters. The zero-order valence-electron chi connectivity index (χ0n) is 11.9. The van der Waals surface area contributed by atoms with Crippen molar-refractivity contribution in [1.82, 2.24) is 10.3 Å². The highest BCUT2D eigenvalue weighted by molar-refractivity contribution is 5.38. The normalized spacial score (nSPS) is 22.7. The zero-order valence-corrected chi connectivity index (χ0v) is 11.9. The van der Waals surface area contributed by atoms with Crippen LogP contribution in [0.4, 0.5) is 0 Å². The van der Waals surface area contributed by atoms with Gasteiger partial charge in [0.1, 0.15) is 5.75 Å². The molecule has 0 fully saturated rings. The molecule has 1 aromatic heterocycles. The van der Waals surface area contributed by atoms with Gasteiger partial charge in [-0.05, 0) is 24.6 Å². The van der Waals surface area contributed by atoms with Gasteiger partial charge in [-0.25, -0.2) is 0 Å². The second-order valence-electron chi connectivity index (χ2n) is 5.48. The van der Waals surface area contributed by atoms with Gasteiger partial charge in [0.15, 0.2) is 0 Å². The Labute approximate surface area is 120 Å². The fraction of sp³-hybridized carbons (Fsp3) is 0.353. The lowest BCUT2D eigenvalue weighted by Crippen LogP contribution is -2.35. The quantitative estimate of drug-likeness (QED) is 0.925. The third-order valence-electron chi connectivity index (χ3n) is 3.94. The predicted octanol–water partition coefficient (Wildman–Crippen LogP) is 3.50. The van der Waals surface area contributed by atoms with Crippen molar-refractivity contribution in [3.63, 3.8) is 0 Å². The molecule has 20 heavy (non-hydrogen) atoms. The highest BCUT2D eigenvalue weighted by atomic mass is 16.5. The van der Waals surface area contributed by atoms with E-state index in [1.807, 2.05) is 30.6 Å². The molecule has 1 aliphatic heterocycles. The van der Waals surface area contributed by atoms with Crippen LogP contribution in [0.1, 0.15) is 37.1 Å². The summed E-state index contributed by atoms with van der Waals surface area (Å²) in [6, 6.07) is 13.0. The lowest BCUT2D eigenvalue weighted by Gasteiger charge is -2.34. The molecular weight excluding hydrogens is 248 g/mol. The van der Waals surface area contributed by atoms with Crippen molar-refractivity contribution in [2.45, 2.75) is 25.9 Å². The number of ether oxygens (including phenoxy) is 1. The van der Waals surface area contributed by atoms with Gasteiger partial charge in [0, 0.05) is 36.0 Å². The Hall–Kier alpha value is -1.87. The van der Waals surface area contributed by atoms with Crippen molar-refractivity contribution in [3.05, 3.63) is 59.9 Å². The Morgan fingerprint density at radius 2 is 2.10 bits per heavy atom. The summed E-state index contributed by atoms with van der Waals surface area (Å²) in [6.07, 6.45) is 3.73. The number of para-hydroxylation sites is 1. The highest BCUT2D eigenvalue weighted by Crippen LogP contribution is 2.36. The van der Waals surface area contributed by atoms with Crippen LogP contribution in [0.15, 0.2) is 48.8 Å². The molecule has 0 aliphatic carbocycles. The van der Waals surface area contributed by atoms with Gasteiger partial charge in [-0.3, -0.25) is 4.98 Å². The van der Waals surface area contributed by atoms with Crippen LogP contribution in [-0.4, -0.2) is 11.6 Å². The number of aromatic nitrogens is 1. The van der Waals surface area contributed by atoms with Crippen LogP contribution < -0.4 is 10.1 Å². The minimum Gasteiger partial charge on any atom is -0.493 e. The molecule has 3 rings (SSSR count). The van der Waals surface area contributed by atoms with Gasteiger partial charge in [0.05, 0.1) is 6.61 Å². The largest absolute Gasteiger partial charge is 0.493 e. The van der Waals surface area contributed by atoms with E-state index >= 15 is 0 Å². The summed E-state index contributed by atoms with van der Waals surface area (Å²) in [5.41, 5.74) is 2.46. The Morgan fingerprint density at radius 3 is 2.90 bits per heavy atom. The van der Waals surface area contributed by atoms with Crippen molar-refractivity contribution in [1.29, 1.82) is 0 Å². The van der Waals surface area contributed by atoms with Crippen LogP contribution in [0.5, 0.6) is 5.75 Å². The standard InChI is InChI=1S/C17H20N2O/c1-12-11-20-16-8-4-3-7-15(16)17(12)19-13(2)14-6-5-9-18-10-14/h3-10,12-13,17,19H,11H2,1-2H3/t12?,13-,17?/m0/s1. The summed E-state index contributed by atoms with van der Waals surface area (Å²) in [4.78, 5) is 4.20. The maximum Gasteiger partial charge on any atom is 0.124 e. The third-order valence-corrected chi connectivity index (χ3v) is 3.94. The SMILES string of the molecule is CC1COc2ccccc2C1N[C@@H](C)c1cccnc1. The van der Waals surface area contributed by atoms with Gasteiger partial charge >= 0.3 is 0 Å². The second-order valence-corrected chi connectivity index (χ2v) is 5.48. The number of fused-ring (bicyclic) bond motifs is 1. The first-order valence-corrected chi connectivity index (χ1v) is 7.13. The molecule has 104 valence electrons. The fourth-order valence-corrected chi connectivity index (χ4v) is 2.74. The van der Waals surface area contributed by atoms with E-state index in [0.717, 1.165) is 12.4 Å². The first-order chi connectivity index (χ1) is 9.75. The highest BCUT2D eigenvalue weighted by Gasteiger charge is 2.28. The molecule has 0 saturated carbocycles. The fourth-order valence-electron chi connectivity index (χ4n) is 2.74. The van der Waals surface area contributed by atoms with Gasteiger partial charge in [0.2, 0.25) is 0 Å². The Morgan fingerprint density at radius 1 is 1.25 bits per heavy atom. The van der Waals surface area contributed by atoms with Gasteiger partial charge in [0.25, 0.3) is 0 Å². The smallest absolute Gasteiger partial charge is 0.124 e. The molecule has 2 unspecified atom stereocenters. The van der Waals surface area contributed by atoms with E-state index in [-0.39, 0.29) is 6.04 Å². The Kier molecular flexibility index (Phi) is 3.70. The molecule has 0 bridgehead atoms. The Balaban J connectivity index is 1.83. The molecule has 0 spiro atoms. The number of pyridine rings is 1. The summed E-state index contributed by atoms with van der Waals surface area (Å²) < 4.78 is 5.80. The van der Waals surface area contributed by atoms with Gasteiger partial charge in [-0.15, -0.1) is 0 Å². The number of rotatable bonds is 3. The summed E-state index contributed by atoms with van der Waals surface area (Å²) in [7, 11) is 0. The molecule has 1 aromatic carbocycles. The van der Waals surface area contributed by atoms with Crippen molar-refractivity contribution in [2.75, 3.05) is 6.61 Å². The molecule has 0 radical (unpaired) electrons. The van der Waals surface area contributed by atoms with Crippen molar-refractivity contribution >= 4 is 0 Å². The molecule has 0 amide bonds. The molecule has 2 aromatic rings. The number of nitrogens with zero attached hydrogens (tertiary/aromatic N) is 1. The van der Waals surface area contributed by atoms with E-state index in [1.54, 1.807) is 0 Å². The van der Waals surface area contributed by atoms with E-state index < -0.39 is 0 Å². The van der Waals surface area contributed by atoms with E-state index in [2.05, 4.69) is 42.3 Å². The molecular formula is C17H20N2O. The summed E-state index contributed by atoms with van der Waals surface area (Å²) in [5.74, 6) is 1.45. The van der Waals surface area contributed by atoms with Gasteiger partial charge < -0.3 is 10.1 Å². The van der Waals surface area contributed by atoms with Crippen LogP contribution in [0, 0.1) is 5.92 Å². The predicted molar refractivity (Wildman–Crippen MR) is 79.6 cm³/mol. The van der Waals surface area contributed by atoms with Crippen LogP contribution in [0.3, 0.4) is 0 Å². The van der Waals surface area contributed by atoms with Gasteiger partial charge in [-0.2, -0.15) is 0 Å². The molecule has 3 heteroatoms. The molecule has 0 saturated heterocycles. The number of hydrogen-bond acceptors (Lipinski definition) is 3. The summed E-state index contributed by atoms with van der Waals surface area (Å²) in [5, 5.41) is 3.72. The Bertz CT molecular complexity index is 570. The van der Waals surface area contributed by atoms with Crippen molar-refractivity contribution in [3.8, 4) is 5.75 Å².